The summed E-state index contributed by atoms with van der Waals surface area (Å²) in [6, 6.07) is 10.9. The molecule has 2 rings (SSSR count). The third-order valence-corrected chi connectivity index (χ3v) is 3.85. The van der Waals surface area contributed by atoms with Crippen LogP contribution < -0.4 is 5.73 Å². The van der Waals surface area contributed by atoms with E-state index in [2.05, 4.69) is 15.9 Å². The molecule has 0 saturated heterocycles. The number of amides is 1. The second kappa shape index (κ2) is 7.92. The van der Waals surface area contributed by atoms with Gasteiger partial charge in [-0.2, -0.15) is 0 Å². The molecule has 5 nitrogen and oxygen atoms in total. The van der Waals surface area contributed by atoms with E-state index in [0.29, 0.717) is 6.54 Å². The third kappa shape index (κ3) is 4.79. The van der Waals surface area contributed by atoms with Gasteiger partial charge in [-0.25, -0.2) is 9.18 Å². The van der Waals surface area contributed by atoms with Crippen LogP contribution in [0.2, 0.25) is 0 Å². The van der Waals surface area contributed by atoms with Crippen molar-refractivity contribution in [2.75, 3.05) is 19.4 Å². The van der Waals surface area contributed by atoms with E-state index in [1.54, 1.807) is 7.05 Å². The second-order valence-electron chi connectivity index (χ2n) is 5.18. The van der Waals surface area contributed by atoms with Crippen LogP contribution in [0.1, 0.15) is 15.9 Å². The molecule has 0 aliphatic rings. The van der Waals surface area contributed by atoms with Crippen molar-refractivity contribution in [3.05, 3.63) is 63.9 Å². The zero-order valence-electron chi connectivity index (χ0n) is 13.0. The highest BCUT2D eigenvalue weighted by molar-refractivity contribution is 9.10. The van der Waals surface area contributed by atoms with Gasteiger partial charge in [0.1, 0.15) is 5.82 Å². The highest BCUT2D eigenvalue weighted by Gasteiger charge is 2.16. The molecule has 0 bridgehead atoms. The van der Waals surface area contributed by atoms with Gasteiger partial charge in [0.2, 0.25) is 0 Å². The molecule has 0 atom stereocenters. The van der Waals surface area contributed by atoms with Crippen LogP contribution in [0.4, 0.5) is 10.1 Å². The lowest BCUT2D eigenvalue weighted by Crippen LogP contribution is -2.30. The van der Waals surface area contributed by atoms with Gasteiger partial charge in [-0.1, -0.05) is 28.1 Å². The van der Waals surface area contributed by atoms with E-state index in [-0.39, 0.29) is 17.2 Å². The van der Waals surface area contributed by atoms with E-state index in [0.717, 1.165) is 22.2 Å². The molecule has 0 aliphatic carbocycles. The van der Waals surface area contributed by atoms with Gasteiger partial charge >= 0.3 is 5.97 Å². The number of likely N-dealkylation sites (N-methyl/N-ethyl adjacent to an activating group) is 1. The average Bonchev–Trinajstić information content (AvgIpc) is 2.54. The predicted octanol–water partition coefficient (Wildman–Crippen LogP) is 2.99. The Kier molecular flexibility index (Phi) is 5.92. The topological polar surface area (TPSA) is 72.6 Å². The first-order chi connectivity index (χ1) is 11.4. The molecule has 0 heterocycles. The Morgan fingerprint density at radius 1 is 1.21 bits per heavy atom. The molecular weight excluding hydrogens is 379 g/mol. The Bertz CT molecular complexity index is 750. The van der Waals surface area contributed by atoms with Gasteiger partial charge in [0.15, 0.2) is 6.61 Å². The summed E-state index contributed by atoms with van der Waals surface area (Å²) in [7, 11) is 1.62. The fraction of sp³-hybridized carbons (Fsp3) is 0.176. The lowest BCUT2D eigenvalue weighted by molar-refractivity contribution is -0.133. The van der Waals surface area contributed by atoms with Crippen LogP contribution in [-0.2, 0) is 16.1 Å². The summed E-state index contributed by atoms with van der Waals surface area (Å²) < 4.78 is 18.9. The minimum absolute atomic E-state index is 0.0276. The van der Waals surface area contributed by atoms with Crippen molar-refractivity contribution >= 4 is 33.5 Å². The van der Waals surface area contributed by atoms with Gasteiger partial charge in [0.05, 0.1) is 5.56 Å². The summed E-state index contributed by atoms with van der Waals surface area (Å²) in [6.45, 7) is -0.0228. The van der Waals surface area contributed by atoms with E-state index >= 15 is 0 Å². The average molecular weight is 395 g/mol. The van der Waals surface area contributed by atoms with E-state index in [4.69, 9.17) is 10.5 Å². The van der Waals surface area contributed by atoms with Crippen LogP contribution in [-0.4, -0.2) is 30.4 Å². The molecule has 2 N–H and O–H groups in total. The van der Waals surface area contributed by atoms with E-state index in [9.17, 15) is 14.0 Å². The van der Waals surface area contributed by atoms with Crippen LogP contribution in [0.3, 0.4) is 0 Å². The number of carbonyl (C=O) groups is 2. The molecule has 7 heteroatoms. The summed E-state index contributed by atoms with van der Waals surface area (Å²) in [6.07, 6.45) is 0. The van der Waals surface area contributed by atoms with Gasteiger partial charge in [-0.15, -0.1) is 0 Å². The second-order valence-corrected chi connectivity index (χ2v) is 6.10. The molecule has 0 fully saturated rings. The molecule has 2 aromatic rings. The van der Waals surface area contributed by atoms with Gasteiger partial charge in [0.25, 0.3) is 5.91 Å². The van der Waals surface area contributed by atoms with Crippen molar-refractivity contribution in [1.29, 1.82) is 0 Å². The minimum Gasteiger partial charge on any atom is -0.452 e. The van der Waals surface area contributed by atoms with Gasteiger partial charge < -0.3 is 15.4 Å². The number of benzene rings is 2. The number of carbonyl (C=O) groups excluding carboxylic acids is 2. The maximum absolute atomic E-state index is 13.0. The summed E-state index contributed by atoms with van der Waals surface area (Å²) in [5.74, 6) is -1.67. The fourth-order valence-electron chi connectivity index (χ4n) is 1.99. The number of nitrogens with zero attached hydrogens (tertiary/aromatic N) is 1. The van der Waals surface area contributed by atoms with Crippen molar-refractivity contribution in [1.82, 2.24) is 4.90 Å². The quantitative estimate of drug-likeness (QED) is 0.624. The SMILES string of the molecule is CN(Cc1ccc(Br)cc1)C(=O)COC(=O)c1ccc(F)cc1N. The first-order valence-corrected chi connectivity index (χ1v) is 7.86. The summed E-state index contributed by atoms with van der Waals surface area (Å²) in [5, 5.41) is 0. The van der Waals surface area contributed by atoms with Crippen LogP contribution >= 0.6 is 15.9 Å². The van der Waals surface area contributed by atoms with Crippen molar-refractivity contribution in [2.24, 2.45) is 0 Å². The molecule has 0 spiro atoms. The van der Waals surface area contributed by atoms with Crippen LogP contribution in [0.15, 0.2) is 46.9 Å². The Morgan fingerprint density at radius 2 is 1.88 bits per heavy atom. The van der Waals surface area contributed by atoms with Crippen molar-refractivity contribution in [3.8, 4) is 0 Å². The first kappa shape index (κ1) is 17.9. The van der Waals surface area contributed by atoms with Crippen molar-refractivity contribution < 1.29 is 18.7 Å². The number of nitrogen functional groups attached to an aromatic ring is 1. The molecule has 0 saturated carbocycles. The van der Waals surface area contributed by atoms with Crippen molar-refractivity contribution in [2.45, 2.75) is 6.54 Å². The van der Waals surface area contributed by atoms with Gasteiger partial charge in [-0.3, -0.25) is 4.79 Å². The minimum atomic E-state index is -0.766. The van der Waals surface area contributed by atoms with Crippen LogP contribution in [0, 0.1) is 5.82 Å². The molecule has 24 heavy (non-hydrogen) atoms. The van der Waals surface area contributed by atoms with Crippen molar-refractivity contribution in [3.63, 3.8) is 0 Å². The van der Waals surface area contributed by atoms with E-state index < -0.39 is 18.4 Å². The predicted molar refractivity (Wildman–Crippen MR) is 91.7 cm³/mol. The van der Waals surface area contributed by atoms with Gasteiger partial charge in [0, 0.05) is 23.8 Å². The molecule has 0 aromatic heterocycles. The monoisotopic (exact) mass is 394 g/mol. The number of rotatable bonds is 5. The molecule has 0 unspecified atom stereocenters. The Balaban J connectivity index is 1.89. The summed E-state index contributed by atoms with van der Waals surface area (Å²) >= 11 is 3.34. The fourth-order valence-corrected chi connectivity index (χ4v) is 2.25. The molecule has 0 radical (unpaired) electrons. The number of hydrogen-bond acceptors (Lipinski definition) is 4. The zero-order chi connectivity index (χ0) is 17.7. The number of esters is 1. The third-order valence-electron chi connectivity index (χ3n) is 3.32. The van der Waals surface area contributed by atoms with Crippen LogP contribution in [0.5, 0.6) is 0 Å². The Labute approximate surface area is 147 Å². The first-order valence-electron chi connectivity index (χ1n) is 7.07. The van der Waals surface area contributed by atoms with E-state index in [1.807, 2.05) is 24.3 Å². The summed E-state index contributed by atoms with van der Waals surface area (Å²) in [5.41, 5.74) is 6.51. The largest absolute Gasteiger partial charge is 0.452 e. The molecule has 0 aliphatic heterocycles. The molecule has 1 amide bonds. The zero-order valence-corrected chi connectivity index (χ0v) is 14.5. The normalized spacial score (nSPS) is 10.3. The highest BCUT2D eigenvalue weighted by Crippen LogP contribution is 2.15. The Morgan fingerprint density at radius 3 is 2.50 bits per heavy atom. The lowest BCUT2D eigenvalue weighted by atomic mass is 10.2. The highest BCUT2D eigenvalue weighted by atomic mass is 79.9. The Hall–Kier alpha value is -2.41. The smallest absolute Gasteiger partial charge is 0.340 e. The maximum Gasteiger partial charge on any atom is 0.340 e. The van der Waals surface area contributed by atoms with Gasteiger partial charge in [-0.05, 0) is 35.9 Å². The van der Waals surface area contributed by atoms with E-state index in [1.165, 1.54) is 11.0 Å². The summed E-state index contributed by atoms with van der Waals surface area (Å²) in [4.78, 5) is 25.4. The number of ether oxygens (including phenoxy) is 1. The molecular formula is C17H16BrFN2O3. The molecule has 2 aromatic carbocycles. The maximum atomic E-state index is 13.0. The number of nitrogens with two attached hydrogens (primary N) is 1. The molecule has 126 valence electrons. The van der Waals surface area contributed by atoms with Crippen LogP contribution in [0.25, 0.3) is 0 Å². The number of anilines is 1. The number of halogens is 2. The lowest BCUT2D eigenvalue weighted by Gasteiger charge is -2.17. The standard InChI is InChI=1S/C17H16BrFN2O3/c1-21(9-11-2-4-12(18)5-3-11)16(22)10-24-17(23)14-7-6-13(19)8-15(14)20/h2-8H,9-10,20H2,1H3. The number of hydrogen-bond donors (Lipinski definition) is 1.